The first-order valence-corrected chi connectivity index (χ1v) is 5.42. The molecule has 0 saturated carbocycles. The number of pyridine rings is 1. The van der Waals surface area contributed by atoms with Gasteiger partial charge in [-0.15, -0.1) is 0 Å². The van der Waals surface area contributed by atoms with E-state index in [1.165, 1.54) is 4.57 Å². The molecular weight excluding hydrogens is 236 g/mol. The highest BCUT2D eigenvalue weighted by molar-refractivity contribution is 7.71. The zero-order chi connectivity index (χ0) is 11.8. The van der Waals surface area contributed by atoms with Crippen molar-refractivity contribution in [3.05, 3.63) is 51.8 Å². The van der Waals surface area contributed by atoms with Crippen molar-refractivity contribution in [2.24, 2.45) is 0 Å². The van der Waals surface area contributed by atoms with Gasteiger partial charge in [-0.25, -0.2) is 14.5 Å². The molecule has 0 radical (unpaired) electrons. The molecule has 17 heavy (non-hydrogen) atoms. The molecule has 0 unspecified atom stereocenters. The van der Waals surface area contributed by atoms with Gasteiger partial charge in [0.25, 0.3) is 0 Å². The van der Waals surface area contributed by atoms with Crippen LogP contribution < -0.4 is 5.69 Å². The number of fused-ring (bicyclic) bond motifs is 1. The van der Waals surface area contributed by atoms with E-state index < -0.39 is 0 Å². The molecule has 2 aromatic heterocycles. The molecule has 0 aliphatic rings. The molecule has 3 aromatic rings. The molecule has 0 saturated heterocycles. The predicted molar refractivity (Wildman–Crippen MR) is 66.9 cm³/mol. The molecule has 0 fully saturated rings. The molecule has 1 aromatic carbocycles. The van der Waals surface area contributed by atoms with Crippen LogP contribution in [-0.4, -0.2) is 19.7 Å². The summed E-state index contributed by atoms with van der Waals surface area (Å²) in [6.07, 6.45) is 1.69. The van der Waals surface area contributed by atoms with Crippen LogP contribution >= 0.6 is 12.2 Å². The zero-order valence-electron chi connectivity index (χ0n) is 8.68. The van der Waals surface area contributed by atoms with Crippen molar-refractivity contribution in [1.29, 1.82) is 0 Å². The Morgan fingerprint density at radius 3 is 2.76 bits per heavy atom. The number of hydrogen-bond acceptors (Lipinski definition) is 3. The Bertz CT molecular complexity index is 766. The van der Waals surface area contributed by atoms with Gasteiger partial charge in [-0.05, 0) is 24.4 Å². The van der Waals surface area contributed by atoms with Crippen molar-refractivity contribution in [3.63, 3.8) is 0 Å². The summed E-state index contributed by atoms with van der Waals surface area (Å²) in [5, 5.41) is 6.03. The molecule has 0 aliphatic carbocycles. The summed E-state index contributed by atoms with van der Waals surface area (Å²) >= 11 is 5.07. The second kappa shape index (κ2) is 3.67. The SMILES string of the molecule is O=c1[nH][nH]c(=S)n1-c1cccc2cccnc12. The smallest absolute Gasteiger partial charge is 0.272 e. The van der Waals surface area contributed by atoms with E-state index in [2.05, 4.69) is 15.2 Å². The molecule has 0 spiro atoms. The third-order valence-corrected chi connectivity index (χ3v) is 2.82. The van der Waals surface area contributed by atoms with Crippen LogP contribution in [0.2, 0.25) is 0 Å². The van der Waals surface area contributed by atoms with E-state index in [1.807, 2.05) is 30.3 Å². The highest BCUT2D eigenvalue weighted by atomic mass is 32.1. The minimum Gasteiger partial charge on any atom is -0.272 e. The molecule has 2 N–H and O–H groups in total. The zero-order valence-corrected chi connectivity index (χ0v) is 9.49. The van der Waals surface area contributed by atoms with Crippen molar-refractivity contribution < 1.29 is 0 Å². The Hall–Kier alpha value is -2.21. The number of H-pyrrole nitrogens is 2. The van der Waals surface area contributed by atoms with E-state index in [1.54, 1.807) is 6.20 Å². The van der Waals surface area contributed by atoms with Gasteiger partial charge >= 0.3 is 5.69 Å². The summed E-state index contributed by atoms with van der Waals surface area (Å²) in [6.45, 7) is 0. The van der Waals surface area contributed by atoms with Crippen molar-refractivity contribution in [2.45, 2.75) is 0 Å². The second-order valence-electron chi connectivity index (χ2n) is 3.55. The van der Waals surface area contributed by atoms with E-state index >= 15 is 0 Å². The monoisotopic (exact) mass is 244 g/mol. The molecule has 0 amide bonds. The van der Waals surface area contributed by atoms with Crippen LogP contribution in [0.3, 0.4) is 0 Å². The molecule has 2 heterocycles. The van der Waals surface area contributed by atoms with E-state index in [9.17, 15) is 4.79 Å². The van der Waals surface area contributed by atoms with Gasteiger partial charge < -0.3 is 0 Å². The largest absolute Gasteiger partial charge is 0.347 e. The van der Waals surface area contributed by atoms with E-state index in [0.717, 1.165) is 10.9 Å². The highest BCUT2D eigenvalue weighted by Crippen LogP contribution is 2.18. The van der Waals surface area contributed by atoms with Crippen LogP contribution in [-0.2, 0) is 0 Å². The third kappa shape index (κ3) is 1.50. The average molecular weight is 244 g/mol. The van der Waals surface area contributed by atoms with Gasteiger partial charge in [0.15, 0.2) is 0 Å². The van der Waals surface area contributed by atoms with E-state index in [4.69, 9.17) is 12.2 Å². The van der Waals surface area contributed by atoms with Gasteiger partial charge in [0.2, 0.25) is 4.77 Å². The van der Waals surface area contributed by atoms with Crippen LogP contribution in [0.4, 0.5) is 0 Å². The maximum atomic E-state index is 11.7. The number of para-hydroxylation sites is 1. The molecule has 5 nitrogen and oxygen atoms in total. The number of benzene rings is 1. The lowest BCUT2D eigenvalue weighted by Crippen LogP contribution is -2.15. The lowest BCUT2D eigenvalue weighted by Gasteiger charge is -2.04. The van der Waals surface area contributed by atoms with Crippen LogP contribution in [0.1, 0.15) is 0 Å². The molecule has 6 heteroatoms. The standard InChI is InChI=1S/C11H8N4OS/c16-10-13-14-11(17)15(10)8-5-1-3-7-4-2-6-12-9(7)8/h1-6H,(H,13,16)(H,14,17). The maximum absolute atomic E-state index is 11.7. The highest BCUT2D eigenvalue weighted by Gasteiger charge is 2.07. The molecular formula is C11H8N4OS. The first-order chi connectivity index (χ1) is 8.27. The fourth-order valence-corrected chi connectivity index (χ4v) is 2.03. The molecule has 0 atom stereocenters. The summed E-state index contributed by atoms with van der Waals surface area (Å²) < 4.78 is 1.72. The van der Waals surface area contributed by atoms with Gasteiger partial charge in [0.1, 0.15) is 0 Å². The van der Waals surface area contributed by atoms with Crippen LogP contribution in [0.25, 0.3) is 16.6 Å². The van der Waals surface area contributed by atoms with Crippen LogP contribution in [0.15, 0.2) is 41.3 Å². The van der Waals surface area contributed by atoms with Crippen molar-refractivity contribution in [2.75, 3.05) is 0 Å². The average Bonchev–Trinajstić information content (AvgIpc) is 2.69. The normalized spacial score (nSPS) is 10.8. The third-order valence-electron chi connectivity index (χ3n) is 2.53. The molecule has 3 rings (SSSR count). The number of nitrogens with one attached hydrogen (secondary N) is 2. The summed E-state index contributed by atoms with van der Waals surface area (Å²) in [7, 11) is 0. The topological polar surface area (TPSA) is 66.5 Å². The summed E-state index contributed by atoms with van der Waals surface area (Å²) in [4.78, 5) is 16.0. The summed E-state index contributed by atoms with van der Waals surface area (Å²) in [5.41, 5.74) is 1.12. The van der Waals surface area contributed by atoms with Crippen molar-refractivity contribution in [3.8, 4) is 5.69 Å². The molecule has 0 bridgehead atoms. The Kier molecular flexibility index (Phi) is 2.15. The van der Waals surface area contributed by atoms with Crippen molar-refractivity contribution >= 4 is 23.1 Å². The minimum absolute atomic E-state index is 0.298. The Morgan fingerprint density at radius 1 is 1.18 bits per heavy atom. The van der Waals surface area contributed by atoms with Gasteiger partial charge in [0, 0.05) is 11.6 Å². The van der Waals surface area contributed by atoms with Gasteiger partial charge in [0.05, 0.1) is 11.2 Å². The predicted octanol–water partition coefficient (Wildman–Crippen LogP) is 1.77. The van der Waals surface area contributed by atoms with Gasteiger partial charge in [-0.3, -0.25) is 10.1 Å². The first kappa shape index (κ1) is 9.98. The lowest BCUT2D eigenvalue weighted by molar-refractivity contribution is 0.980. The second-order valence-corrected chi connectivity index (χ2v) is 3.93. The van der Waals surface area contributed by atoms with Crippen LogP contribution in [0.5, 0.6) is 0 Å². The van der Waals surface area contributed by atoms with Gasteiger partial charge in [-0.1, -0.05) is 18.2 Å². The van der Waals surface area contributed by atoms with E-state index in [-0.39, 0.29) is 5.69 Å². The van der Waals surface area contributed by atoms with Gasteiger partial charge in [-0.2, -0.15) is 0 Å². The number of aromatic nitrogens is 4. The minimum atomic E-state index is -0.298. The summed E-state index contributed by atoms with van der Waals surface area (Å²) in [5.74, 6) is 0. The Balaban J connectivity index is 2.47. The number of hydrogen-bond donors (Lipinski definition) is 2. The number of rotatable bonds is 1. The fourth-order valence-electron chi connectivity index (χ4n) is 1.80. The number of aromatic amines is 2. The van der Waals surface area contributed by atoms with Crippen molar-refractivity contribution in [1.82, 2.24) is 19.7 Å². The first-order valence-electron chi connectivity index (χ1n) is 5.01. The fraction of sp³-hybridized carbons (Fsp3) is 0. The van der Waals surface area contributed by atoms with Crippen LogP contribution in [0, 0.1) is 4.77 Å². The quantitative estimate of drug-likeness (QED) is 0.641. The summed E-state index contributed by atoms with van der Waals surface area (Å²) in [6, 6.07) is 9.42. The maximum Gasteiger partial charge on any atom is 0.347 e. The molecule has 0 aliphatic heterocycles. The lowest BCUT2D eigenvalue weighted by atomic mass is 10.2. The Morgan fingerprint density at radius 2 is 2.00 bits per heavy atom. The Labute approximate surface area is 101 Å². The number of nitrogens with zero attached hydrogens (tertiary/aromatic N) is 2. The molecule has 84 valence electrons. The van der Waals surface area contributed by atoms with E-state index in [0.29, 0.717) is 10.5 Å².